The molecule has 1 aromatic rings. The Labute approximate surface area is 136 Å². The molecule has 0 spiro atoms. The van der Waals surface area contributed by atoms with E-state index in [-0.39, 0.29) is 23.5 Å². The molecule has 0 saturated carbocycles. The zero-order chi connectivity index (χ0) is 16.4. The summed E-state index contributed by atoms with van der Waals surface area (Å²) in [6.07, 6.45) is 3.79. The summed E-state index contributed by atoms with van der Waals surface area (Å²) in [4.78, 5) is 20.7. The van der Waals surface area contributed by atoms with Gasteiger partial charge in [0.1, 0.15) is 0 Å². The largest absolute Gasteiger partial charge is 0.380 e. The van der Waals surface area contributed by atoms with Gasteiger partial charge in [-0.05, 0) is 19.5 Å². The van der Waals surface area contributed by atoms with Crippen molar-refractivity contribution in [3.05, 3.63) is 24.0 Å². The van der Waals surface area contributed by atoms with Crippen LogP contribution in [0.25, 0.3) is 0 Å². The smallest absolute Gasteiger partial charge is 0.255 e. The van der Waals surface area contributed by atoms with Crippen molar-refractivity contribution in [2.75, 3.05) is 50.0 Å². The summed E-state index contributed by atoms with van der Waals surface area (Å²) in [6, 6.07) is 1.66. The fourth-order valence-electron chi connectivity index (χ4n) is 2.97. The molecule has 1 N–H and O–H groups in total. The molecule has 1 aromatic heterocycles. The Hall–Kier alpha value is -1.67. The lowest BCUT2D eigenvalue weighted by Gasteiger charge is -2.32. The second-order valence-electron chi connectivity index (χ2n) is 6.30. The number of nitrogens with one attached hydrogen (secondary N) is 1. The van der Waals surface area contributed by atoms with E-state index < -0.39 is 9.84 Å². The van der Waals surface area contributed by atoms with Gasteiger partial charge in [0.2, 0.25) is 0 Å². The molecular weight excluding hydrogens is 316 g/mol. The van der Waals surface area contributed by atoms with Gasteiger partial charge in [-0.25, -0.2) is 8.42 Å². The molecule has 7 nitrogen and oxygen atoms in total. The summed E-state index contributed by atoms with van der Waals surface area (Å²) < 4.78 is 23.0. The number of sulfone groups is 1. The molecule has 0 bridgehead atoms. The van der Waals surface area contributed by atoms with Crippen molar-refractivity contribution in [2.45, 2.75) is 12.5 Å². The van der Waals surface area contributed by atoms with Gasteiger partial charge in [-0.15, -0.1) is 0 Å². The molecule has 23 heavy (non-hydrogen) atoms. The van der Waals surface area contributed by atoms with Crippen molar-refractivity contribution in [3.63, 3.8) is 0 Å². The number of anilines is 1. The molecule has 2 aliphatic heterocycles. The zero-order valence-electron chi connectivity index (χ0n) is 13.2. The van der Waals surface area contributed by atoms with Crippen LogP contribution < -0.4 is 5.32 Å². The number of piperazine rings is 1. The number of aromatic nitrogens is 1. The van der Waals surface area contributed by atoms with Crippen molar-refractivity contribution in [1.82, 2.24) is 14.8 Å². The molecule has 8 heteroatoms. The van der Waals surface area contributed by atoms with Gasteiger partial charge in [0.15, 0.2) is 9.84 Å². The van der Waals surface area contributed by atoms with E-state index in [1.807, 2.05) is 11.9 Å². The third kappa shape index (κ3) is 4.00. The van der Waals surface area contributed by atoms with Crippen LogP contribution in [-0.2, 0) is 9.84 Å². The van der Waals surface area contributed by atoms with Gasteiger partial charge in [-0.3, -0.25) is 9.78 Å². The highest BCUT2D eigenvalue weighted by atomic mass is 32.2. The average Bonchev–Trinajstić information content (AvgIpc) is 2.86. The third-order valence-corrected chi connectivity index (χ3v) is 6.15. The minimum absolute atomic E-state index is 0.0201. The maximum atomic E-state index is 12.5. The second kappa shape index (κ2) is 6.45. The molecular formula is C15H22N4O3S. The lowest BCUT2D eigenvalue weighted by atomic mass is 10.2. The number of amides is 1. The quantitative estimate of drug-likeness (QED) is 0.840. The first kappa shape index (κ1) is 16.2. The summed E-state index contributed by atoms with van der Waals surface area (Å²) in [5.41, 5.74) is 1.24. The Morgan fingerprint density at radius 1 is 1.26 bits per heavy atom. The van der Waals surface area contributed by atoms with Gasteiger partial charge < -0.3 is 15.1 Å². The van der Waals surface area contributed by atoms with E-state index in [4.69, 9.17) is 0 Å². The molecule has 3 heterocycles. The van der Waals surface area contributed by atoms with Crippen LogP contribution in [-0.4, -0.2) is 79.9 Å². The molecule has 2 aliphatic rings. The van der Waals surface area contributed by atoms with Crippen molar-refractivity contribution >= 4 is 21.4 Å². The topological polar surface area (TPSA) is 82.6 Å². The van der Waals surface area contributed by atoms with E-state index in [0.29, 0.717) is 30.8 Å². The lowest BCUT2D eigenvalue weighted by Crippen LogP contribution is -2.47. The molecule has 1 amide bonds. The maximum absolute atomic E-state index is 12.5. The summed E-state index contributed by atoms with van der Waals surface area (Å²) in [6.45, 7) is 3.18. The van der Waals surface area contributed by atoms with Crippen LogP contribution in [0.3, 0.4) is 0 Å². The van der Waals surface area contributed by atoms with Crippen LogP contribution in [0.2, 0.25) is 0 Å². The first-order valence-corrected chi connectivity index (χ1v) is 9.65. The molecule has 0 radical (unpaired) electrons. The van der Waals surface area contributed by atoms with Crippen LogP contribution in [0.1, 0.15) is 16.8 Å². The third-order valence-electron chi connectivity index (χ3n) is 4.38. The van der Waals surface area contributed by atoms with E-state index in [0.717, 1.165) is 13.1 Å². The number of carbonyl (C=O) groups excluding carboxylic acids is 1. The number of likely N-dealkylation sites (N-methyl/N-ethyl adjacent to an activating group) is 1. The predicted octanol–water partition coefficient (Wildman–Crippen LogP) is 0.0682. The molecule has 2 fully saturated rings. The van der Waals surface area contributed by atoms with E-state index in [1.165, 1.54) is 0 Å². The van der Waals surface area contributed by atoms with Crippen molar-refractivity contribution in [1.29, 1.82) is 0 Å². The number of hydrogen-bond acceptors (Lipinski definition) is 6. The van der Waals surface area contributed by atoms with Crippen molar-refractivity contribution < 1.29 is 13.2 Å². The minimum atomic E-state index is -2.93. The number of nitrogens with zero attached hydrogens (tertiary/aromatic N) is 3. The van der Waals surface area contributed by atoms with Crippen LogP contribution in [0.4, 0.5) is 5.69 Å². The molecule has 126 valence electrons. The Kier molecular flexibility index (Phi) is 4.54. The van der Waals surface area contributed by atoms with Gasteiger partial charge in [0.25, 0.3) is 5.91 Å². The lowest BCUT2D eigenvalue weighted by molar-refractivity contribution is 0.0663. The van der Waals surface area contributed by atoms with E-state index in [9.17, 15) is 13.2 Å². The van der Waals surface area contributed by atoms with Gasteiger partial charge in [-0.1, -0.05) is 0 Å². The molecule has 1 unspecified atom stereocenters. The van der Waals surface area contributed by atoms with E-state index in [1.54, 1.807) is 18.5 Å². The average molecular weight is 338 g/mol. The van der Waals surface area contributed by atoms with E-state index >= 15 is 0 Å². The Bertz CT molecular complexity index is 684. The fraction of sp³-hybridized carbons (Fsp3) is 0.600. The Morgan fingerprint density at radius 3 is 2.65 bits per heavy atom. The van der Waals surface area contributed by atoms with Gasteiger partial charge in [0, 0.05) is 44.6 Å². The van der Waals surface area contributed by atoms with Gasteiger partial charge >= 0.3 is 0 Å². The SMILES string of the molecule is CN1CCN(C(=O)c2cncc(NC3CCS(=O)(=O)C3)c2)CC1. The first-order chi connectivity index (χ1) is 10.9. The fourth-order valence-corrected chi connectivity index (χ4v) is 4.65. The first-order valence-electron chi connectivity index (χ1n) is 7.83. The summed E-state index contributed by atoms with van der Waals surface area (Å²) >= 11 is 0. The van der Waals surface area contributed by atoms with E-state index in [2.05, 4.69) is 15.2 Å². The van der Waals surface area contributed by atoms with Crippen molar-refractivity contribution in [3.8, 4) is 0 Å². The molecule has 0 aliphatic carbocycles. The molecule has 1 atom stereocenters. The summed E-state index contributed by atoms with van der Waals surface area (Å²) in [7, 11) is -0.882. The highest BCUT2D eigenvalue weighted by Crippen LogP contribution is 2.18. The molecule has 2 saturated heterocycles. The highest BCUT2D eigenvalue weighted by molar-refractivity contribution is 7.91. The van der Waals surface area contributed by atoms with Crippen LogP contribution in [0.5, 0.6) is 0 Å². The van der Waals surface area contributed by atoms with Gasteiger partial charge in [-0.2, -0.15) is 0 Å². The number of rotatable bonds is 3. The second-order valence-corrected chi connectivity index (χ2v) is 8.53. The van der Waals surface area contributed by atoms with Crippen LogP contribution in [0.15, 0.2) is 18.5 Å². The monoisotopic (exact) mass is 338 g/mol. The van der Waals surface area contributed by atoms with Crippen LogP contribution >= 0.6 is 0 Å². The molecule has 0 aromatic carbocycles. The van der Waals surface area contributed by atoms with Crippen molar-refractivity contribution in [2.24, 2.45) is 0 Å². The number of pyridine rings is 1. The normalized spacial score (nSPS) is 24.6. The van der Waals surface area contributed by atoms with Crippen LogP contribution in [0, 0.1) is 0 Å². The number of carbonyl (C=O) groups is 1. The van der Waals surface area contributed by atoms with Gasteiger partial charge in [0.05, 0.1) is 22.8 Å². The zero-order valence-corrected chi connectivity index (χ0v) is 14.1. The summed E-state index contributed by atoms with van der Waals surface area (Å²) in [5.74, 6) is 0.343. The highest BCUT2D eigenvalue weighted by Gasteiger charge is 2.28. The molecule has 3 rings (SSSR count). The predicted molar refractivity (Wildman–Crippen MR) is 88.3 cm³/mol. The Morgan fingerprint density at radius 2 is 2.00 bits per heavy atom. The maximum Gasteiger partial charge on any atom is 0.255 e. The Balaban J connectivity index is 1.66. The summed E-state index contributed by atoms with van der Waals surface area (Å²) in [5, 5.41) is 3.18. The number of hydrogen-bond donors (Lipinski definition) is 1. The minimum Gasteiger partial charge on any atom is -0.380 e. The standard InChI is InChI=1S/C15H22N4O3S/c1-18-3-5-19(6-4-18)15(20)12-8-14(10-16-9-12)17-13-2-7-23(21,22)11-13/h8-10,13,17H,2-7,11H2,1H3.